The Labute approximate surface area is 157 Å². The van der Waals surface area contributed by atoms with Crippen molar-refractivity contribution in [3.05, 3.63) is 27.2 Å². The number of hydrogen-bond donors (Lipinski definition) is 2. The van der Waals surface area contributed by atoms with Crippen LogP contribution in [0.5, 0.6) is 0 Å². The first-order chi connectivity index (χ1) is 10.5. The molecule has 2 aliphatic rings. The molecular formula is C15H19Cl4N3O. The van der Waals surface area contributed by atoms with Gasteiger partial charge in [0, 0.05) is 13.1 Å². The fraction of sp³-hybridized carbons (Fsp3) is 0.533. The molecule has 2 heterocycles. The molecule has 1 amide bonds. The third-order valence-corrected chi connectivity index (χ3v) is 5.54. The molecule has 0 bridgehead atoms. The highest BCUT2D eigenvalue weighted by molar-refractivity contribution is 6.44. The van der Waals surface area contributed by atoms with Crippen LogP contribution in [0.3, 0.4) is 0 Å². The Hall–Kier alpha value is -0.230. The van der Waals surface area contributed by atoms with Gasteiger partial charge in [-0.2, -0.15) is 0 Å². The Morgan fingerprint density at radius 1 is 1.22 bits per heavy atom. The van der Waals surface area contributed by atoms with Gasteiger partial charge in [-0.25, -0.2) is 0 Å². The van der Waals surface area contributed by atoms with Gasteiger partial charge < -0.3 is 10.6 Å². The van der Waals surface area contributed by atoms with E-state index < -0.39 is 0 Å². The van der Waals surface area contributed by atoms with Crippen LogP contribution in [0.4, 0.5) is 5.69 Å². The van der Waals surface area contributed by atoms with Crippen molar-refractivity contribution in [1.82, 2.24) is 10.2 Å². The first-order valence-electron chi connectivity index (χ1n) is 7.35. The van der Waals surface area contributed by atoms with Gasteiger partial charge in [0.05, 0.1) is 27.3 Å². The Bertz CT molecular complexity index is 590. The number of rotatable bonds is 3. The van der Waals surface area contributed by atoms with E-state index in [1.54, 1.807) is 6.07 Å². The number of carbonyl (C=O) groups is 1. The van der Waals surface area contributed by atoms with Gasteiger partial charge in [0.2, 0.25) is 5.91 Å². The van der Waals surface area contributed by atoms with E-state index in [1.807, 2.05) is 0 Å². The molecule has 0 radical (unpaired) electrons. The van der Waals surface area contributed by atoms with Gasteiger partial charge in [-0.05, 0) is 43.5 Å². The number of hydrogen-bond acceptors (Lipinski definition) is 3. The summed E-state index contributed by atoms with van der Waals surface area (Å²) in [6, 6.07) is 3.12. The van der Waals surface area contributed by atoms with Crippen LogP contribution in [0, 0.1) is 5.41 Å². The number of benzene rings is 1. The van der Waals surface area contributed by atoms with E-state index in [4.69, 9.17) is 34.8 Å². The maximum atomic E-state index is 12.2. The van der Waals surface area contributed by atoms with Crippen molar-refractivity contribution in [3.63, 3.8) is 0 Å². The predicted octanol–water partition coefficient (Wildman–Crippen LogP) is 3.69. The summed E-state index contributed by atoms with van der Waals surface area (Å²) in [5.74, 6) is -0.0803. The summed E-state index contributed by atoms with van der Waals surface area (Å²) in [5.41, 5.74) is 0.860. The highest BCUT2D eigenvalue weighted by Crippen LogP contribution is 2.36. The van der Waals surface area contributed by atoms with Gasteiger partial charge in [0.15, 0.2) is 0 Å². The summed E-state index contributed by atoms with van der Waals surface area (Å²) >= 11 is 17.9. The molecule has 3 rings (SSSR count). The molecule has 2 aliphatic heterocycles. The summed E-state index contributed by atoms with van der Waals surface area (Å²) in [4.78, 5) is 14.4. The Balaban J connectivity index is 0.00000192. The fourth-order valence-electron chi connectivity index (χ4n) is 3.32. The lowest BCUT2D eigenvalue weighted by Crippen LogP contribution is -2.34. The maximum absolute atomic E-state index is 12.2. The molecule has 1 unspecified atom stereocenters. The van der Waals surface area contributed by atoms with E-state index in [0.717, 1.165) is 32.6 Å². The molecule has 2 fully saturated rings. The molecule has 0 aromatic heterocycles. The minimum Gasteiger partial charge on any atom is -0.324 e. The average molecular weight is 399 g/mol. The van der Waals surface area contributed by atoms with Crippen LogP contribution in [0.1, 0.15) is 12.8 Å². The Kier molecular flexibility index (Phi) is 6.45. The molecule has 1 spiro atoms. The highest BCUT2D eigenvalue weighted by Gasteiger charge is 2.40. The molecule has 1 aromatic carbocycles. The number of nitrogens with one attached hydrogen (secondary N) is 2. The van der Waals surface area contributed by atoms with E-state index in [2.05, 4.69) is 15.5 Å². The van der Waals surface area contributed by atoms with Crippen LogP contribution in [0.2, 0.25) is 15.1 Å². The minimum absolute atomic E-state index is 0. The predicted molar refractivity (Wildman–Crippen MR) is 98.3 cm³/mol. The van der Waals surface area contributed by atoms with Crippen molar-refractivity contribution in [2.45, 2.75) is 12.8 Å². The monoisotopic (exact) mass is 397 g/mol. The van der Waals surface area contributed by atoms with E-state index in [0.29, 0.717) is 32.7 Å². The molecule has 2 N–H and O–H groups in total. The summed E-state index contributed by atoms with van der Waals surface area (Å²) in [6.07, 6.45) is 2.35. The van der Waals surface area contributed by atoms with Crippen LogP contribution in [-0.4, -0.2) is 43.5 Å². The Morgan fingerprint density at radius 2 is 1.96 bits per heavy atom. The normalized spacial score (nSPS) is 24.0. The van der Waals surface area contributed by atoms with Gasteiger partial charge in [-0.15, -0.1) is 12.4 Å². The van der Waals surface area contributed by atoms with E-state index >= 15 is 0 Å². The lowest BCUT2D eigenvalue weighted by atomic mass is 9.87. The van der Waals surface area contributed by atoms with Crippen molar-refractivity contribution in [1.29, 1.82) is 0 Å². The summed E-state index contributed by atoms with van der Waals surface area (Å²) in [5, 5.41) is 7.37. The SMILES string of the molecule is Cl.O=C(CN1CCC2(CCNC2)C1)Nc1cc(Cl)c(Cl)cc1Cl. The van der Waals surface area contributed by atoms with Gasteiger partial charge >= 0.3 is 0 Å². The molecular weight excluding hydrogens is 380 g/mol. The first kappa shape index (κ1) is 19.1. The molecule has 4 nitrogen and oxygen atoms in total. The van der Waals surface area contributed by atoms with E-state index in [-0.39, 0.29) is 18.3 Å². The zero-order valence-electron chi connectivity index (χ0n) is 12.5. The number of likely N-dealkylation sites (tertiary alicyclic amines) is 1. The van der Waals surface area contributed by atoms with Crippen LogP contribution in [-0.2, 0) is 4.79 Å². The third-order valence-electron chi connectivity index (χ3n) is 4.50. The largest absolute Gasteiger partial charge is 0.324 e. The molecule has 8 heteroatoms. The smallest absolute Gasteiger partial charge is 0.238 e. The zero-order chi connectivity index (χ0) is 15.7. The lowest BCUT2D eigenvalue weighted by molar-refractivity contribution is -0.117. The second-order valence-electron chi connectivity index (χ2n) is 6.18. The molecule has 2 saturated heterocycles. The van der Waals surface area contributed by atoms with Crippen LogP contribution >= 0.6 is 47.2 Å². The molecule has 128 valence electrons. The van der Waals surface area contributed by atoms with E-state index in [9.17, 15) is 4.79 Å². The van der Waals surface area contributed by atoms with Crippen LogP contribution in [0.15, 0.2) is 12.1 Å². The molecule has 1 aromatic rings. The maximum Gasteiger partial charge on any atom is 0.238 e. The van der Waals surface area contributed by atoms with Gasteiger partial charge in [-0.3, -0.25) is 9.69 Å². The minimum atomic E-state index is -0.0803. The van der Waals surface area contributed by atoms with Crippen molar-refractivity contribution < 1.29 is 4.79 Å². The standard InChI is InChI=1S/C15H18Cl3N3O.ClH/c16-10-5-12(18)13(6-11(10)17)20-14(22)7-21-4-2-15(9-21)1-3-19-8-15;/h5-6,19H,1-4,7-9H2,(H,20,22);1H. The second kappa shape index (κ2) is 7.77. The van der Waals surface area contributed by atoms with Crippen molar-refractivity contribution >= 4 is 58.8 Å². The number of carbonyl (C=O) groups excluding carboxylic acids is 1. The zero-order valence-corrected chi connectivity index (χ0v) is 15.6. The first-order valence-corrected chi connectivity index (χ1v) is 8.48. The van der Waals surface area contributed by atoms with Gasteiger partial charge in [-0.1, -0.05) is 34.8 Å². The van der Waals surface area contributed by atoms with Gasteiger partial charge in [0.25, 0.3) is 0 Å². The molecule has 0 saturated carbocycles. The molecule has 0 aliphatic carbocycles. The highest BCUT2D eigenvalue weighted by atomic mass is 35.5. The second-order valence-corrected chi connectivity index (χ2v) is 7.40. The Morgan fingerprint density at radius 3 is 2.65 bits per heavy atom. The van der Waals surface area contributed by atoms with Crippen molar-refractivity contribution in [2.24, 2.45) is 5.41 Å². The topological polar surface area (TPSA) is 44.4 Å². The third kappa shape index (κ3) is 4.44. The van der Waals surface area contributed by atoms with Crippen LogP contribution < -0.4 is 10.6 Å². The summed E-state index contributed by atoms with van der Waals surface area (Å²) in [7, 11) is 0. The average Bonchev–Trinajstić information content (AvgIpc) is 3.07. The fourth-order valence-corrected chi connectivity index (χ4v) is 3.91. The molecule has 23 heavy (non-hydrogen) atoms. The lowest BCUT2D eigenvalue weighted by Gasteiger charge is -2.22. The number of nitrogens with zero attached hydrogens (tertiary/aromatic N) is 1. The quantitative estimate of drug-likeness (QED) is 0.763. The van der Waals surface area contributed by atoms with E-state index in [1.165, 1.54) is 12.5 Å². The van der Waals surface area contributed by atoms with Crippen molar-refractivity contribution in [2.75, 3.05) is 38.0 Å². The number of anilines is 1. The number of halogens is 4. The number of amides is 1. The molecule has 1 atom stereocenters. The summed E-state index contributed by atoms with van der Waals surface area (Å²) < 4.78 is 0. The van der Waals surface area contributed by atoms with Gasteiger partial charge in [0.1, 0.15) is 0 Å². The summed E-state index contributed by atoms with van der Waals surface area (Å²) in [6.45, 7) is 4.45. The van der Waals surface area contributed by atoms with Crippen molar-refractivity contribution in [3.8, 4) is 0 Å². The van der Waals surface area contributed by atoms with Crippen LogP contribution in [0.25, 0.3) is 0 Å².